The Balaban J connectivity index is 2.02. The zero-order chi connectivity index (χ0) is 16.2. The molecule has 2 rings (SSSR count). The fraction of sp³-hybridized carbons (Fsp3) is 0.222. The lowest BCUT2D eigenvalue weighted by Gasteiger charge is -2.18. The van der Waals surface area contributed by atoms with Gasteiger partial charge >= 0.3 is 0 Å². The first-order chi connectivity index (χ1) is 10.4. The van der Waals surface area contributed by atoms with Crippen molar-refractivity contribution >= 4 is 34.7 Å². The van der Waals surface area contributed by atoms with Crippen molar-refractivity contribution in [2.24, 2.45) is 5.10 Å². The summed E-state index contributed by atoms with van der Waals surface area (Å²) < 4.78 is 1.09. The molecule has 0 unspecified atom stereocenters. The minimum atomic E-state index is -0.206. The molecule has 0 spiro atoms. The number of benzene rings is 2. The monoisotopic (exact) mass is 406 g/mol. The molecule has 0 aliphatic carbocycles. The largest absolute Gasteiger partial charge is 0.271 e. The predicted octanol–water partition coefficient (Wildman–Crippen LogP) is 4.35. The maximum Gasteiger partial charge on any atom is 0.271 e. The summed E-state index contributed by atoms with van der Waals surface area (Å²) in [5.74, 6) is -0.206. The van der Waals surface area contributed by atoms with Crippen LogP contribution in [0.4, 0.5) is 0 Å². The number of nitrogens with one attached hydrogen (secondary N) is 1. The van der Waals surface area contributed by atoms with Crippen LogP contribution in [0.15, 0.2) is 53.6 Å². The lowest BCUT2D eigenvalue weighted by Crippen LogP contribution is -2.18. The van der Waals surface area contributed by atoms with Crippen molar-refractivity contribution in [3.8, 4) is 0 Å². The van der Waals surface area contributed by atoms with Crippen molar-refractivity contribution in [1.29, 1.82) is 0 Å². The van der Waals surface area contributed by atoms with E-state index in [9.17, 15) is 4.79 Å². The Hall–Kier alpha value is -1.69. The second kappa shape index (κ2) is 7.05. The van der Waals surface area contributed by atoms with Gasteiger partial charge in [-0.2, -0.15) is 5.10 Å². The van der Waals surface area contributed by atoms with Gasteiger partial charge in [-0.25, -0.2) is 5.43 Å². The average Bonchev–Trinajstić information content (AvgIpc) is 2.48. The molecule has 0 aromatic heterocycles. The molecule has 0 aliphatic rings. The van der Waals surface area contributed by atoms with E-state index in [1.807, 2.05) is 48.5 Å². The van der Waals surface area contributed by atoms with Crippen LogP contribution < -0.4 is 5.43 Å². The molecule has 2 aromatic rings. The summed E-state index contributed by atoms with van der Waals surface area (Å²) in [7, 11) is 0. The van der Waals surface area contributed by atoms with Gasteiger partial charge < -0.3 is 0 Å². The normalized spacial score (nSPS) is 11.6. The highest BCUT2D eigenvalue weighted by Crippen LogP contribution is 2.22. The summed E-state index contributed by atoms with van der Waals surface area (Å²) >= 11 is 2.24. The Morgan fingerprint density at radius 3 is 2.32 bits per heavy atom. The van der Waals surface area contributed by atoms with Crippen LogP contribution in [0.25, 0.3) is 0 Å². The Morgan fingerprint density at radius 2 is 1.73 bits per heavy atom. The maximum absolute atomic E-state index is 12.1. The molecule has 0 aliphatic heterocycles. The quantitative estimate of drug-likeness (QED) is 0.460. The Bertz CT molecular complexity index is 685. The number of carbonyl (C=O) groups excluding carboxylic acids is 1. The Labute approximate surface area is 145 Å². The van der Waals surface area contributed by atoms with E-state index in [1.165, 1.54) is 5.56 Å². The number of hydrazone groups is 1. The van der Waals surface area contributed by atoms with E-state index in [-0.39, 0.29) is 11.3 Å². The van der Waals surface area contributed by atoms with Crippen LogP contribution in [-0.4, -0.2) is 12.1 Å². The minimum Gasteiger partial charge on any atom is -0.267 e. The summed E-state index contributed by atoms with van der Waals surface area (Å²) in [6.45, 7) is 6.44. The molecular weight excluding hydrogens is 387 g/mol. The van der Waals surface area contributed by atoms with Crippen molar-refractivity contribution in [1.82, 2.24) is 5.43 Å². The molecule has 1 amide bonds. The van der Waals surface area contributed by atoms with Crippen molar-refractivity contribution in [3.05, 3.63) is 68.8 Å². The molecule has 2 aromatic carbocycles. The van der Waals surface area contributed by atoms with E-state index in [2.05, 4.69) is 53.9 Å². The van der Waals surface area contributed by atoms with Crippen molar-refractivity contribution in [2.45, 2.75) is 26.2 Å². The zero-order valence-electron chi connectivity index (χ0n) is 12.9. The second-order valence-corrected chi connectivity index (χ2v) is 7.21. The molecular formula is C18H19IN2O. The fourth-order valence-electron chi connectivity index (χ4n) is 1.93. The van der Waals surface area contributed by atoms with Crippen LogP contribution in [-0.2, 0) is 5.41 Å². The van der Waals surface area contributed by atoms with Crippen LogP contribution in [0.5, 0.6) is 0 Å². The number of hydrogen-bond donors (Lipinski definition) is 1. The number of nitrogens with zero attached hydrogens (tertiary/aromatic N) is 1. The van der Waals surface area contributed by atoms with Gasteiger partial charge in [-0.1, -0.05) is 51.1 Å². The molecule has 22 heavy (non-hydrogen) atoms. The molecule has 0 atom stereocenters. The highest BCUT2D eigenvalue weighted by molar-refractivity contribution is 14.1. The third-order valence-corrected chi connectivity index (χ3v) is 4.27. The standard InChI is InChI=1S/C18H19IN2O/c1-18(2,3)15-10-8-13(9-11-15)17(22)21-20-12-14-6-4-5-7-16(14)19/h4-12H,1-3H3,(H,21,22)/b20-12-. The minimum absolute atomic E-state index is 0.0805. The van der Waals surface area contributed by atoms with Gasteiger partial charge in [0, 0.05) is 14.7 Å². The van der Waals surface area contributed by atoms with Gasteiger partial charge in [-0.05, 0) is 51.8 Å². The molecule has 1 N–H and O–H groups in total. The first-order valence-corrected chi connectivity index (χ1v) is 8.14. The van der Waals surface area contributed by atoms with Crippen molar-refractivity contribution in [2.75, 3.05) is 0 Å². The van der Waals surface area contributed by atoms with Gasteiger partial charge in [-0.15, -0.1) is 0 Å². The van der Waals surface area contributed by atoms with Crippen LogP contribution in [0, 0.1) is 3.57 Å². The first-order valence-electron chi connectivity index (χ1n) is 7.06. The second-order valence-electron chi connectivity index (χ2n) is 6.05. The zero-order valence-corrected chi connectivity index (χ0v) is 15.1. The number of hydrogen-bond acceptors (Lipinski definition) is 2. The molecule has 0 fully saturated rings. The first kappa shape index (κ1) is 16.7. The van der Waals surface area contributed by atoms with E-state index < -0.39 is 0 Å². The Kier molecular flexibility index (Phi) is 5.34. The number of amides is 1. The molecule has 0 bridgehead atoms. The molecule has 0 saturated carbocycles. The summed E-state index contributed by atoms with van der Waals surface area (Å²) in [5.41, 5.74) is 5.42. The Morgan fingerprint density at radius 1 is 1.09 bits per heavy atom. The highest BCUT2D eigenvalue weighted by atomic mass is 127. The SMILES string of the molecule is CC(C)(C)c1ccc(C(=O)N/N=C\c2ccccc2I)cc1. The fourth-order valence-corrected chi connectivity index (χ4v) is 2.45. The van der Waals surface area contributed by atoms with Gasteiger partial charge in [0.15, 0.2) is 0 Å². The summed E-state index contributed by atoms with van der Waals surface area (Å²) in [4.78, 5) is 12.1. The van der Waals surface area contributed by atoms with Crippen LogP contribution in [0.2, 0.25) is 0 Å². The maximum atomic E-state index is 12.1. The van der Waals surface area contributed by atoms with E-state index in [0.717, 1.165) is 9.13 Å². The topological polar surface area (TPSA) is 41.5 Å². The molecule has 0 saturated heterocycles. The van der Waals surface area contributed by atoms with Crippen molar-refractivity contribution < 1.29 is 4.79 Å². The van der Waals surface area contributed by atoms with E-state index in [1.54, 1.807) is 6.21 Å². The van der Waals surface area contributed by atoms with Crippen molar-refractivity contribution in [3.63, 3.8) is 0 Å². The van der Waals surface area contributed by atoms with Gasteiger partial charge in [0.1, 0.15) is 0 Å². The molecule has 0 radical (unpaired) electrons. The number of halogens is 1. The lowest BCUT2D eigenvalue weighted by atomic mass is 9.87. The predicted molar refractivity (Wildman–Crippen MR) is 99.4 cm³/mol. The molecule has 0 heterocycles. The third kappa shape index (κ3) is 4.40. The summed E-state index contributed by atoms with van der Waals surface area (Å²) in [6.07, 6.45) is 1.66. The van der Waals surface area contributed by atoms with E-state index in [4.69, 9.17) is 0 Å². The van der Waals surface area contributed by atoms with E-state index >= 15 is 0 Å². The lowest BCUT2D eigenvalue weighted by molar-refractivity contribution is 0.0955. The molecule has 3 nitrogen and oxygen atoms in total. The van der Waals surface area contributed by atoms with Gasteiger partial charge in [0.05, 0.1) is 6.21 Å². The van der Waals surface area contributed by atoms with E-state index in [0.29, 0.717) is 5.56 Å². The van der Waals surface area contributed by atoms with Crippen LogP contribution >= 0.6 is 22.6 Å². The van der Waals surface area contributed by atoms with Gasteiger partial charge in [-0.3, -0.25) is 4.79 Å². The summed E-state index contributed by atoms with van der Waals surface area (Å²) in [6, 6.07) is 15.5. The summed E-state index contributed by atoms with van der Waals surface area (Å²) in [5, 5.41) is 4.02. The average molecular weight is 406 g/mol. The number of carbonyl (C=O) groups is 1. The van der Waals surface area contributed by atoms with Crippen LogP contribution in [0.1, 0.15) is 42.3 Å². The smallest absolute Gasteiger partial charge is 0.267 e. The highest BCUT2D eigenvalue weighted by Gasteiger charge is 2.14. The third-order valence-electron chi connectivity index (χ3n) is 3.29. The molecule has 114 valence electrons. The van der Waals surface area contributed by atoms with Crippen LogP contribution in [0.3, 0.4) is 0 Å². The van der Waals surface area contributed by atoms with Gasteiger partial charge in [0.2, 0.25) is 0 Å². The molecule has 4 heteroatoms. The number of rotatable bonds is 3. The van der Waals surface area contributed by atoms with Gasteiger partial charge in [0.25, 0.3) is 5.91 Å².